The van der Waals surface area contributed by atoms with Crippen molar-refractivity contribution in [2.24, 2.45) is 11.1 Å². The number of carbonyl (C=O) groups is 1. The number of hydrogen-bond acceptors (Lipinski definition) is 3. The molecule has 1 unspecified atom stereocenters. The number of nitrogens with two attached hydrogens (primary N) is 1. The first-order chi connectivity index (χ1) is 7.98. The summed E-state index contributed by atoms with van der Waals surface area (Å²) in [5.41, 5.74) is 5.90. The van der Waals surface area contributed by atoms with E-state index < -0.39 is 0 Å². The van der Waals surface area contributed by atoms with Crippen molar-refractivity contribution in [1.29, 1.82) is 0 Å². The highest BCUT2D eigenvalue weighted by Gasteiger charge is 2.26. The summed E-state index contributed by atoms with van der Waals surface area (Å²) >= 11 is 0. The van der Waals surface area contributed by atoms with Crippen LogP contribution in [0.5, 0.6) is 0 Å². The Morgan fingerprint density at radius 3 is 2.71 bits per heavy atom. The van der Waals surface area contributed by atoms with Gasteiger partial charge < -0.3 is 15.4 Å². The normalized spacial score (nSPS) is 22.0. The van der Waals surface area contributed by atoms with Crippen LogP contribution in [-0.4, -0.2) is 43.7 Å². The van der Waals surface area contributed by atoms with Crippen LogP contribution in [0.1, 0.15) is 39.5 Å². The van der Waals surface area contributed by atoms with E-state index in [0.717, 1.165) is 25.9 Å². The zero-order chi connectivity index (χ0) is 12.9. The Morgan fingerprint density at radius 1 is 1.41 bits per heavy atom. The van der Waals surface area contributed by atoms with Gasteiger partial charge in [0.1, 0.15) is 0 Å². The molecular formula is C13H26N2O2. The Kier molecular flexibility index (Phi) is 5.40. The average Bonchev–Trinajstić information content (AvgIpc) is 2.46. The van der Waals surface area contributed by atoms with Crippen LogP contribution in [0.15, 0.2) is 0 Å². The molecule has 4 nitrogen and oxygen atoms in total. The highest BCUT2D eigenvalue weighted by molar-refractivity contribution is 5.76. The predicted octanol–water partition coefficient (Wildman–Crippen LogP) is 1.39. The summed E-state index contributed by atoms with van der Waals surface area (Å²) in [7, 11) is 1.61. The molecule has 1 atom stereocenters. The Balaban J connectivity index is 2.47. The SMILES string of the molecule is COC(CN)CC(=O)N1CCCC(C)(C)CC1. The maximum Gasteiger partial charge on any atom is 0.225 e. The second-order valence-electron chi connectivity index (χ2n) is 5.70. The largest absolute Gasteiger partial charge is 0.380 e. The number of hydrogen-bond donors (Lipinski definition) is 1. The Bertz CT molecular complexity index is 250. The van der Waals surface area contributed by atoms with E-state index in [4.69, 9.17) is 10.5 Å². The van der Waals surface area contributed by atoms with E-state index >= 15 is 0 Å². The van der Waals surface area contributed by atoms with Crippen molar-refractivity contribution in [3.05, 3.63) is 0 Å². The summed E-state index contributed by atoms with van der Waals surface area (Å²) in [5.74, 6) is 0.181. The van der Waals surface area contributed by atoms with E-state index in [9.17, 15) is 4.79 Å². The van der Waals surface area contributed by atoms with Crippen LogP contribution in [0.3, 0.4) is 0 Å². The molecule has 0 radical (unpaired) electrons. The van der Waals surface area contributed by atoms with Crippen LogP contribution in [0.25, 0.3) is 0 Å². The van der Waals surface area contributed by atoms with Gasteiger partial charge in [0, 0.05) is 26.7 Å². The first kappa shape index (κ1) is 14.5. The molecule has 17 heavy (non-hydrogen) atoms. The first-order valence-electron chi connectivity index (χ1n) is 6.49. The topological polar surface area (TPSA) is 55.6 Å². The fourth-order valence-electron chi connectivity index (χ4n) is 2.26. The lowest BCUT2D eigenvalue weighted by atomic mass is 9.85. The van der Waals surface area contributed by atoms with Crippen molar-refractivity contribution in [2.45, 2.75) is 45.6 Å². The quantitative estimate of drug-likeness (QED) is 0.810. The van der Waals surface area contributed by atoms with Crippen molar-refractivity contribution in [3.8, 4) is 0 Å². The van der Waals surface area contributed by atoms with Crippen LogP contribution in [0, 0.1) is 5.41 Å². The van der Waals surface area contributed by atoms with Gasteiger partial charge in [-0.3, -0.25) is 4.79 Å². The van der Waals surface area contributed by atoms with Crippen LogP contribution in [0.4, 0.5) is 0 Å². The molecule has 4 heteroatoms. The number of nitrogens with zero attached hydrogens (tertiary/aromatic N) is 1. The minimum atomic E-state index is -0.140. The highest BCUT2D eigenvalue weighted by Crippen LogP contribution is 2.29. The first-order valence-corrected chi connectivity index (χ1v) is 6.49. The summed E-state index contributed by atoms with van der Waals surface area (Å²) in [6.07, 6.45) is 3.64. The predicted molar refractivity (Wildman–Crippen MR) is 68.7 cm³/mol. The fraction of sp³-hybridized carbons (Fsp3) is 0.923. The molecule has 0 aromatic rings. The van der Waals surface area contributed by atoms with Gasteiger partial charge in [-0.25, -0.2) is 0 Å². The second-order valence-corrected chi connectivity index (χ2v) is 5.70. The van der Waals surface area contributed by atoms with Crippen LogP contribution < -0.4 is 5.73 Å². The Hall–Kier alpha value is -0.610. The van der Waals surface area contributed by atoms with E-state index in [1.165, 1.54) is 6.42 Å². The van der Waals surface area contributed by atoms with Gasteiger partial charge in [-0.1, -0.05) is 13.8 Å². The standard InChI is InChI=1S/C13H26N2O2/c1-13(2)5-4-7-15(8-6-13)12(16)9-11(10-14)17-3/h11H,4-10,14H2,1-3H3. The minimum Gasteiger partial charge on any atom is -0.380 e. The third-order valence-corrected chi connectivity index (χ3v) is 3.69. The van der Waals surface area contributed by atoms with Crippen molar-refractivity contribution in [3.63, 3.8) is 0 Å². The molecule has 1 heterocycles. The molecule has 1 aliphatic heterocycles. The van der Waals surface area contributed by atoms with Gasteiger partial charge >= 0.3 is 0 Å². The molecule has 1 fully saturated rings. The molecule has 0 spiro atoms. The lowest BCUT2D eigenvalue weighted by Gasteiger charge is -2.24. The van der Waals surface area contributed by atoms with Crippen LogP contribution in [0.2, 0.25) is 0 Å². The number of rotatable bonds is 4. The number of methoxy groups -OCH3 is 1. The summed E-state index contributed by atoms with van der Waals surface area (Å²) < 4.78 is 5.16. The molecule has 0 aromatic carbocycles. The maximum atomic E-state index is 12.1. The van der Waals surface area contributed by atoms with Gasteiger partial charge in [0.15, 0.2) is 0 Å². The van der Waals surface area contributed by atoms with Crippen molar-refractivity contribution in [2.75, 3.05) is 26.7 Å². The molecule has 1 aliphatic rings. The Labute approximate surface area is 104 Å². The van der Waals surface area contributed by atoms with Crippen molar-refractivity contribution in [1.82, 2.24) is 4.90 Å². The number of amides is 1. The molecule has 0 aliphatic carbocycles. The molecule has 2 N–H and O–H groups in total. The van der Waals surface area contributed by atoms with E-state index in [-0.39, 0.29) is 12.0 Å². The van der Waals surface area contributed by atoms with E-state index in [1.807, 2.05) is 4.90 Å². The van der Waals surface area contributed by atoms with E-state index in [2.05, 4.69) is 13.8 Å². The lowest BCUT2D eigenvalue weighted by molar-refractivity contribution is -0.133. The Morgan fingerprint density at radius 2 is 2.12 bits per heavy atom. The molecule has 1 amide bonds. The van der Waals surface area contributed by atoms with Gasteiger partial charge in [-0.05, 0) is 24.7 Å². The average molecular weight is 242 g/mol. The summed E-state index contributed by atoms with van der Waals surface area (Å²) in [4.78, 5) is 14.0. The highest BCUT2D eigenvalue weighted by atomic mass is 16.5. The zero-order valence-electron chi connectivity index (χ0n) is 11.4. The summed E-state index contributed by atoms with van der Waals surface area (Å²) in [6.45, 7) is 6.70. The molecule has 0 aromatic heterocycles. The zero-order valence-corrected chi connectivity index (χ0v) is 11.4. The van der Waals surface area contributed by atoms with Gasteiger partial charge in [-0.2, -0.15) is 0 Å². The summed E-state index contributed by atoms with van der Waals surface area (Å²) in [6, 6.07) is 0. The molecule has 1 saturated heterocycles. The second kappa shape index (κ2) is 6.36. The molecule has 0 bridgehead atoms. The van der Waals surface area contributed by atoms with Crippen LogP contribution in [-0.2, 0) is 9.53 Å². The summed E-state index contributed by atoms with van der Waals surface area (Å²) in [5, 5.41) is 0. The van der Waals surface area contributed by atoms with Crippen LogP contribution >= 0.6 is 0 Å². The maximum absolute atomic E-state index is 12.1. The molecule has 0 saturated carbocycles. The number of likely N-dealkylation sites (tertiary alicyclic amines) is 1. The monoisotopic (exact) mass is 242 g/mol. The number of ether oxygens (including phenoxy) is 1. The van der Waals surface area contributed by atoms with Gasteiger partial charge in [0.05, 0.1) is 12.5 Å². The van der Waals surface area contributed by atoms with E-state index in [1.54, 1.807) is 7.11 Å². The molecule has 100 valence electrons. The fourth-order valence-corrected chi connectivity index (χ4v) is 2.26. The minimum absolute atomic E-state index is 0.140. The van der Waals surface area contributed by atoms with Gasteiger partial charge in [-0.15, -0.1) is 0 Å². The molecular weight excluding hydrogens is 216 g/mol. The van der Waals surface area contributed by atoms with Crippen molar-refractivity contribution >= 4 is 5.91 Å². The van der Waals surface area contributed by atoms with Gasteiger partial charge in [0.2, 0.25) is 5.91 Å². The third-order valence-electron chi connectivity index (χ3n) is 3.69. The van der Waals surface area contributed by atoms with E-state index in [0.29, 0.717) is 18.4 Å². The lowest BCUT2D eigenvalue weighted by Crippen LogP contribution is -2.36. The number of carbonyl (C=O) groups excluding carboxylic acids is 1. The third kappa shape index (κ3) is 4.64. The smallest absolute Gasteiger partial charge is 0.225 e. The van der Waals surface area contributed by atoms with Crippen molar-refractivity contribution < 1.29 is 9.53 Å². The molecule has 1 rings (SSSR count). The van der Waals surface area contributed by atoms with Gasteiger partial charge in [0.25, 0.3) is 0 Å².